The van der Waals surface area contributed by atoms with Crippen LogP contribution < -0.4 is 10.6 Å². The molecule has 0 aliphatic rings. The van der Waals surface area contributed by atoms with Crippen molar-refractivity contribution < 1.29 is 4.79 Å². The topological polar surface area (TPSA) is 41.1 Å². The quantitative estimate of drug-likeness (QED) is 0.646. The van der Waals surface area contributed by atoms with E-state index in [0.29, 0.717) is 6.42 Å². The van der Waals surface area contributed by atoms with Gasteiger partial charge in [0, 0.05) is 18.5 Å². The van der Waals surface area contributed by atoms with Crippen LogP contribution in [0.2, 0.25) is 0 Å². The molecule has 0 aliphatic heterocycles. The summed E-state index contributed by atoms with van der Waals surface area (Å²) in [4.78, 5) is 11.7. The standard InChI is InChI=1S/C13H24N2O/c1-6-8-10(3)14-12(5)13(16)15-11(4)9-7-2/h1,10-12,14H,7-9H2,2-5H3,(H,15,16). The molecule has 3 atom stereocenters. The van der Waals surface area contributed by atoms with E-state index in [0.717, 1.165) is 12.8 Å². The predicted octanol–water partition coefficient (Wildman–Crippen LogP) is 1.68. The van der Waals surface area contributed by atoms with Crippen molar-refractivity contribution in [3.05, 3.63) is 0 Å². The maximum atomic E-state index is 11.7. The Morgan fingerprint density at radius 3 is 2.44 bits per heavy atom. The summed E-state index contributed by atoms with van der Waals surface area (Å²) in [6.45, 7) is 7.98. The molecule has 92 valence electrons. The first-order valence-corrected chi connectivity index (χ1v) is 6.01. The zero-order chi connectivity index (χ0) is 12.6. The van der Waals surface area contributed by atoms with Crippen LogP contribution in [0.4, 0.5) is 0 Å². The van der Waals surface area contributed by atoms with E-state index in [1.54, 1.807) is 0 Å². The summed E-state index contributed by atoms with van der Waals surface area (Å²) in [6, 6.07) is 0.222. The summed E-state index contributed by atoms with van der Waals surface area (Å²) < 4.78 is 0. The van der Waals surface area contributed by atoms with Crippen LogP contribution in [-0.4, -0.2) is 24.0 Å². The molecule has 3 heteroatoms. The minimum atomic E-state index is -0.192. The number of amides is 1. The van der Waals surface area contributed by atoms with Crippen LogP contribution in [0.5, 0.6) is 0 Å². The molecule has 0 aliphatic carbocycles. The molecule has 0 bridgehead atoms. The number of terminal acetylenes is 1. The molecule has 0 spiro atoms. The average molecular weight is 224 g/mol. The number of rotatable bonds is 7. The maximum Gasteiger partial charge on any atom is 0.237 e. The Kier molecular flexibility index (Phi) is 7.66. The van der Waals surface area contributed by atoms with Crippen LogP contribution in [0.15, 0.2) is 0 Å². The molecule has 0 aromatic rings. The first-order valence-electron chi connectivity index (χ1n) is 6.01. The van der Waals surface area contributed by atoms with Crippen LogP contribution in [0, 0.1) is 12.3 Å². The van der Waals surface area contributed by atoms with E-state index in [2.05, 4.69) is 23.5 Å². The van der Waals surface area contributed by atoms with E-state index < -0.39 is 0 Å². The molecule has 0 heterocycles. The normalized spacial score (nSPS) is 15.9. The summed E-state index contributed by atoms with van der Waals surface area (Å²) in [5.41, 5.74) is 0. The van der Waals surface area contributed by atoms with Crippen molar-refractivity contribution >= 4 is 5.91 Å². The Hall–Kier alpha value is -1.01. The van der Waals surface area contributed by atoms with Crippen molar-refractivity contribution in [2.45, 2.75) is 65.1 Å². The Labute approximate surface area is 99.4 Å². The molecule has 0 aromatic carbocycles. The number of hydrogen-bond acceptors (Lipinski definition) is 2. The van der Waals surface area contributed by atoms with Gasteiger partial charge in [-0.25, -0.2) is 0 Å². The van der Waals surface area contributed by atoms with E-state index in [-0.39, 0.29) is 24.0 Å². The third kappa shape index (κ3) is 6.47. The molecule has 3 unspecified atom stereocenters. The van der Waals surface area contributed by atoms with Gasteiger partial charge in [0.2, 0.25) is 5.91 Å². The summed E-state index contributed by atoms with van der Waals surface area (Å²) in [6.07, 6.45) is 7.94. The minimum Gasteiger partial charge on any atom is -0.352 e. The minimum absolute atomic E-state index is 0.0461. The summed E-state index contributed by atoms with van der Waals surface area (Å²) >= 11 is 0. The van der Waals surface area contributed by atoms with E-state index in [9.17, 15) is 4.79 Å². The number of nitrogens with one attached hydrogen (secondary N) is 2. The maximum absolute atomic E-state index is 11.7. The lowest BCUT2D eigenvalue weighted by Gasteiger charge is -2.20. The van der Waals surface area contributed by atoms with Crippen LogP contribution in [0.3, 0.4) is 0 Å². The van der Waals surface area contributed by atoms with Gasteiger partial charge in [0.1, 0.15) is 0 Å². The second-order valence-corrected chi connectivity index (χ2v) is 4.40. The highest BCUT2D eigenvalue weighted by Crippen LogP contribution is 1.97. The van der Waals surface area contributed by atoms with E-state index in [1.165, 1.54) is 0 Å². The highest BCUT2D eigenvalue weighted by atomic mass is 16.2. The fourth-order valence-corrected chi connectivity index (χ4v) is 1.61. The van der Waals surface area contributed by atoms with Gasteiger partial charge in [-0.15, -0.1) is 12.3 Å². The number of carbonyl (C=O) groups excluding carboxylic acids is 1. The van der Waals surface area contributed by atoms with Gasteiger partial charge in [-0.05, 0) is 27.2 Å². The number of carbonyl (C=O) groups is 1. The largest absolute Gasteiger partial charge is 0.352 e. The zero-order valence-electron chi connectivity index (χ0n) is 10.8. The lowest BCUT2D eigenvalue weighted by atomic mass is 10.1. The second-order valence-electron chi connectivity index (χ2n) is 4.40. The Morgan fingerprint density at radius 2 is 1.94 bits per heavy atom. The average Bonchev–Trinajstić information content (AvgIpc) is 2.17. The molecular weight excluding hydrogens is 200 g/mol. The highest BCUT2D eigenvalue weighted by Gasteiger charge is 2.16. The van der Waals surface area contributed by atoms with Crippen molar-refractivity contribution in [3.8, 4) is 12.3 Å². The van der Waals surface area contributed by atoms with Crippen molar-refractivity contribution in [2.75, 3.05) is 0 Å². The third-order valence-electron chi connectivity index (χ3n) is 2.46. The lowest BCUT2D eigenvalue weighted by molar-refractivity contribution is -0.123. The highest BCUT2D eigenvalue weighted by molar-refractivity contribution is 5.81. The van der Waals surface area contributed by atoms with Crippen LogP contribution in [0.1, 0.15) is 47.0 Å². The molecule has 0 rings (SSSR count). The summed E-state index contributed by atoms with van der Waals surface area (Å²) in [5, 5.41) is 6.15. The van der Waals surface area contributed by atoms with Gasteiger partial charge in [-0.1, -0.05) is 13.3 Å². The molecule has 0 saturated carbocycles. The van der Waals surface area contributed by atoms with Crippen LogP contribution in [0.25, 0.3) is 0 Å². The van der Waals surface area contributed by atoms with Crippen molar-refractivity contribution in [1.29, 1.82) is 0 Å². The fourth-order valence-electron chi connectivity index (χ4n) is 1.61. The monoisotopic (exact) mass is 224 g/mol. The van der Waals surface area contributed by atoms with E-state index in [1.807, 2.05) is 20.8 Å². The molecule has 16 heavy (non-hydrogen) atoms. The van der Waals surface area contributed by atoms with Gasteiger partial charge < -0.3 is 10.6 Å². The first kappa shape index (κ1) is 15.0. The van der Waals surface area contributed by atoms with Gasteiger partial charge in [0.15, 0.2) is 0 Å². The lowest BCUT2D eigenvalue weighted by Crippen LogP contribution is -2.48. The van der Waals surface area contributed by atoms with Crippen molar-refractivity contribution in [1.82, 2.24) is 10.6 Å². The molecule has 3 nitrogen and oxygen atoms in total. The third-order valence-corrected chi connectivity index (χ3v) is 2.46. The molecule has 1 amide bonds. The predicted molar refractivity (Wildman–Crippen MR) is 68.0 cm³/mol. The van der Waals surface area contributed by atoms with Gasteiger partial charge in [0.05, 0.1) is 6.04 Å². The van der Waals surface area contributed by atoms with Gasteiger partial charge in [0.25, 0.3) is 0 Å². The molecule has 0 saturated heterocycles. The molecule has 0 fully saturated rings. The molecule has 2 N–H and O–H groups in total. The van der Waals surface area contributed by atoms with Crippen LogP contribution >= 0.6 is 0 Å². The number of hydrogen-bond donors (Lipinski definition) is 2. The molecule has 0 radical (unpaired) electrons. The SMILES string of the molecule is C#CCC(C)NC(C)C(=O)NC(C)CCC. The Balaban J connectivity index is 3.94. The molecular formula is C13H24N2O. The van der Waals surface area contributed by atoms with E-state index in [4.69, 9.17) is 6.42 Å². The Bertz CT molecular complexity index is 245. The first-order chi connectivity index (χ1) is 7.51. The van der Waals surface area contributed by atoms with Crippen LogP contribution in [-0.2, 0) is 4.79 Å². The summed E-state index contributed by atoms with van der Waals surface area (Å²) in [7, 11) is 0. The van der Waals surface area contributed by atoms with E-state index >= 15 is 0 Å². The fraction of sp³-hybridized carbons (Fsp3) is 0.769. The van der Waals surface area contributed by atoms with Gasteiger partial charge in [-0.3, -0.25) is 4.79 Å². The Morgan fingerprint density at radius 1 is 1.31 bits per heavy atom. The smallest absolute Gasteiger partial charge is 0.237 e. The summed E-state index contributed by atoms with van der Waals surface area (Å²) in [5.74, 6) is 2.62. The van der Waals surface area contributed by atoms with Crippen molar-refractivity contribution in [3.63, 3.8) is 0 Å². The molecule has 0 aromatic heterocycles. The second kappa shape index (κ2) is 8.18. The van der Waals surface area contributed by atoms with Gasteiger partial charge in [-0.2, -0.15) is 0 Å². The van der Waals surface area contributed by atoms with Crippen molar-refractivity contribution in [2.24, 2.45) is 0 Å². The zero-order valence-corrected chi connectivity index (χ0v) is 10.8. The van der Waals surface area contributed by atoms with Gasteiger partial charge >= 0.3 is 0 Å².